The second-order valence-electron chi connectivity index (χ2n) is 3.88. The summed E-state index contributed by atoms with van der Waals surface area (Å²) >= 11 is 2.01. The molecule has 1 atom stereocenters. The Balaban J connectivity index is 2.03. The molecule has 1 unspecified atom stereocenters. The first-order chi connectivity index (χ1) is 5.22. The smallest absolute Gasteiger partial charge is 0.0616 e. The fraction of sp³-hybridized carbons (Fsp3) is 1.00. The summed E-state index contributed by atoms with van der Waals surface area (Å²) in [5.74, 6) is 2.47. The van der Waals surface area contributed by atoms with Crippen LogP contribution in [0.1, 0.15) is 19.3 Å². The maximum absolute atomic E-state index is 9.05. The third-order valence-electron chi connectivity index (χ3n) is 3.32. The Kier molecular flexibility index (Phi) is 1.71. The van der Waals surface area contributed by atoms with Crippen molar-refractivity contribution >= 4 is 11.8 Å². The number of hydrogen-bond donors (Lipinski definition) is 2. The quantitative estimate of drug-likeness (QED) is 0.610. The molecule has 1 saturated heterocycles. The van der Waals surface area contributed by atoms with E-state index in [1.54, 1.807) is 0 Å². The molecule has 3 heteroatoms. The minimum atomic E-state index is -0.200. The zero-order valence-corrected chi connectivity index (χ0v) is 7.49. The fourth-order valence-corrected chi connectivity index (χ4v) is 3.49. The van der Waals surface area contributed by atoms with Crippen LogP contribution in [0.2, 0.25) is 0 Å². The lowest BCUT2D eigenvalue weighted by Crippen LogP contribution is -2.36. The highest BCUT2D eigenvalue weighted by Gasteiger charge is 2.64. The molecule has 2 fully saturated rings. The topological polar surface area (TPSA) is 46.2 Å². The van der Waals surface area contributed by atoms with E-state index in [0.717, 1.165) is 6.42 Å². The van der Waals surface area contributed by atoms with Gasteiger partial charge in [0.25, 0.3) is 0 Å². The number of thioether (sulfide) groups is 1. The SMILES string of the molecule is NC1(CO)CC12CCSCC2. The van der Waals surface area contributed by atoms with Crippen molar-refractivity contribution in [1.82, 2.24) is 0 Å². The third-order valence-corrected chi connectivity index (χ3v) is 4.30. The molecule has 1 aliphatic carbocycles. The van der Waals surface area contributed by atoms with Gasteiger partial charge in [0, 0.05) is 5.54 Å². The Labute approximate surface area is 71.5 Å². The number of hydrogen-bond acceptors (Lipinski definition) is 3. The molecule has 64 valence electrons. The first-order valence-electron chi connectivity index (χ1n) is 4.20. The van der Waals surface area contributed by atoms with E-state index in [4.69, 9.17) is 10.8 Å². The van der Waals surface area contributed by atoms with Gasteiger partial charge in [0.05, 0.1) is 6.61 Å². The van der Waals surface area contributed by atoms with Crippen molar-refractivity contribution in [2.24, 2.45) is 11.1 Å². The summed E-state index contributed by atoms with van der Waals surface area (Å²) in [6.45, 7) is 0.178. The van der Waals surface area contributed by atoms with Gasteiger partial charge in [0.2, 0.25) is 0 Å². The molecule has 2 aliphatic rings. The molecule has 1 aliphatic heterocycles. The highest BCUT2D eigenvalue weighted by Crippen LogP contribution is 2.61. The average molecular weight is 173 g/mol. The molecule has 0 aromatic heterocycles. The van der Waals surface area contributed by atoms with Gasteiger partial charge in [0.15, 0.2) is 0 Å². The lowest BCUT2D eigenvalue weighted by molar-refractivity contribution is 0.218. The van der Waals surface area contributed by atoms with E-state index in [-0.39, 0.29) is 12.1 Å². The van der Waals surface area contributed by atoms with Gasteiger partial charge < -0.3 is 10.8 Å². The molecular weight excluding hydrogens is 158 g/mol. The highest BCUT2D eigenvalue weighted by atomic mass is 32.2. The molecule has 0 aromatic carbocycles. The summed E-state index contributed by atoms with van der Waals surface area (Å²) in [5.41, 5.74) is 6.14. The summed E-state index contributed by atoms with van der Waals surface area (Å²) in [6.07, 6.45) is 3.49. The number of aliphatic hydroxyl groups excluding tert-OH is 1. The van der Waals surface area contributed by atoms with E-state index in [1.165, 1.54) is 24.3 Å². The van der Waals surface area contributed by atoms with Gasteiger partial charge >= 0.3 is 0 Å². The Bertz CT molecular complexity index is 162. The Morgan fingerprint density at radius 1 is 1.36 bits per heavy atom. The van der Waals surface area contributed by atoms with Crippen molar-refractivity contribution in [3.05, 3.63) is 0 Å². The van der Waals surface area contributed by atoms with Crippen LogP contribution in [0, 0.1) is 5.41 Å². The number of nitrogens with two attached hydrogens (primary N) is 1. The maximum atomic E-state index is 9.05. The average Bonchev–Trinajstić information content (AvgIpc) is 2.59. The van der Waals surface area contributed by atoms with Crippen molar-refractivity contribution in [1.29, 1.82) is 0 Å². The maximum Gasteiger partial charge on any atom is 0.0616 e. The minimum Gasteiger partial charge on any atom is -0.394 e. The summed E-state index contributed by atoms with van der Waals surface area (Å²) < 4.78 is 0. The molecule has 0 radical (unpaired) electrons. The minimum absolute atomic E-state index is 0.178. The molecule has 0 bridgehead atoms. The van der Waals surface area contributed by atoms with E-state index in [9.17, 15) is 0 Å². The van der Waals surface area contributed by atoms with E-state index >= 15 is 0 Å². The molecule has 2 rings (SSSR count). The zero-order valence-electron chi connectivity index (χ0n) is 6.68. The van der Waals surface area contributed by atoms with Crippen LogP contribution in [-0.4, -0.2) is 28.8 Å². The van der Waals surface area contributed by atoms with Crippen LogP contribution >= 0.6 is 11.8 Å². The van der Waals surface area contributed by atoms with Gasteiger partial charge in [0.1, 0.15) is 0 Å². The Morgan fingerprint density at radius 2 is 2.00 bits per heavy atom. The lowest BCUT2D eigenvalue weighted by Gasteiger charge is -2.25. The predicted molar refractivity (Wildman–Crippen MR) is 47.6 cm³/mol. The van der Waals surface area contributed by atoms with Crippen LogP contribution < -0.4 is 5.73 Å². The molecule has 1 spiro atoms. The second kappa shape index (κ2) is 2.38. The van der Waals surface area contributed by atoms with Crippen molar-refractivity contribution in [3.63, 3.8) is 0 Å². The fourth-order valence-electron chi connectivity index (χ4n) is 2.22. The molecule has 0 amide bonds. The van der Waals surface area contributed by atoms with E-state index < -0.39 is 0 Å². The Morgan fingerprint density at radius 3 is 2.45 bits per heavy atom. The van der Waals surface area contributed by atoms with Gasteiger partial charge in [-0.2, -0.15) is 11.8 Å². The van der Waals surface area contributed by atoms with Gasteiger partial charge in [-0.25, -0.2) is 0 Å². The standard InChI is InChI=1S/C8H15NOS/c9-8(6-10)5-7(8)1-3-11-4-2-7/h10H,1-6,9H2. The first-order valence-corrected chi connectivity index (χ1v) is 5.35. The van der Waals surface area contributed by atoms with Crippen molar-refractivity contribution in [2.45, 2.75) is 24.8 Å². The Hall–Kier alpha value is 0.270. The van der Waals surface area contributed by atoms with Crippen molar-refractivity contribution in [3.8, 4) is 0 Å². The third kappa shape index (κ3) is 1.02. The summed E-state index contributed by atoms with van der Waals surface area (Å²) in [4.78, 5) is 0. The van der Waals surface area contributed by atoms with Crippen LogP contribution in [0.3, 0.4) is 0 Å². The molecule has 1 saturated carbocycles. The number of aliphatic hydroxyl groups is 1. The normalized spacial score (nSPS) is 40.9. The van der Waals surface area contributed by atoms with Crippen LogP contribution in [-0.2, 0) is 0 Å². The van der Waals surface area contributed by atoms with Crippen LogP contribution in [0.5, 0.6) is 0 Å². The van der Waals surface area contributed by atoms with Crippen molar-refractivity contribution in [2.75, 3.05) is 18.1 Å². The second-order valence-corrected chi connectivity index (χ2v) is 5.11. The van der Waals surface area contributed by atoms with E-state index in [0.29, 0.717) is 5.41 Å². The molecule has 1 heterocycles. The summed E-state index contributed by atoms with van der Waals surface area (Å²) in [6, 6.07) is 0. The van der Waals surface area contributed by atoms with Crippen LogP contribution in [0.25, 0.3) is 0 Å². The molecule has 11 heavy (non-hydrogen) atoms. The largest absolute Gasteiger partial charge is 0.394 e. The first kappa shape index (κ1) is 7.90. The van der Waals surface area contributed by atoms with Crippen molar-refractivity contribution < 1.29 is 5.11 Å². The lowest BCUT2D eigenvalue weighted by atomic mass is 9.93. The monoisotopic (exact) mass is 173 g/mol. The molecule has 2 nitrogen and oxygen atoms in total. The van der Waals surface area contributed by atoms with Gasteiger partial charge in [-0.1, -0.05) is 0 Å². The predicted octanol–water partition coefficient (Wildman–Crippen LogP) is 0.593. The van der Waals surface area contributed by atoms with Crippen LogP contribution in [0.4, 0.5) is 0 Å². The van der Waals surface area contributed by atoms with E-state index in [1.807, 2.05) is 11.8 Å². The van der Waals surface area contributed by atoms with Crippen LogP contribution in [0.15, 0.2) is 0 Å². The van der Waals surface area contributed by atoms with Gasteiger partial charge in [-0.05, 0) is 36.2 Å². The number of rotatable bonds is 1. The summed E-state index contributed by atoms with van der Waals surface area (Å²) in [7, 11) is 0. The zero-order chi connectivity index (χ0) is 7.95. The van der Waals surface area contributed by atoms with Gasteiger partial charge in [-0.3, -0.25) is 0 Å². The van der Waals surface area contributed by atoms with Gasteiger partial charge in [-0.15, -0.1) is 0 Å². The molecular formula is C8H15NOS. The molecule has 0 aromatic rings. The highest BCUT2D eigenvalue weighted by molar-refractivity contribution is 7.99. The van der Waals surface area contributed by atoms with E-state index in [2.05, 4.69) is 0 Å². The molecule has 3 N–H and O–H groups in total. The summed E-state index contributed by atoms with van der Waals surface area (Å²) in [5, 5.41) is 9.05.